The fourth-order valence-electron chi connectivity index (χ4n) is 3.26. The Bertz CT molecular complexity index is 1120. The molecular formula is C24H25N3O4S. The van der Waals surface area contributed by atoms with Crippen LogP contribution in [0.25, 0.3) is 6.08 Å². The summed E-state index contributed by atoms with van der Waals surface area (Å²) in [6, 6.07) is 13.1. The van der Waals surface area contributed by atoms with E-state index >= 15 is 0 Å². The van der Waals surface area contributed by atoms with E-state index < -0.39 is 0 Å². The van der Waals surface area contributed by atoms with Crippen LogP contribution in [0.5, 0.6) is 11.5 Å². The SMILES string of the molecule is Cc1ccc(N2C(=O)C(=Cc3ccc4c(c3)OCO4)N=C2SCC(=O)NC(C)(C)C)cc1. The van der Waals surface area contributed by atoms with Gasteiger partial charge in [-0.25, -0.2) is 4.99 Å². The first-order valence-electron chi connectivity index (χ1n) is 10.2. The molecule has 8 heteroatoms. The van der Waals surface area contributed by atoms with E-state index in [0.29, 0.717) is 28.1 Å². The average Bonchev–Trinajstić information content (AvgIpc) is 3.30. The van der Waals surface area contributed by atoms with Gasteiger partial charge in [0.15, 0.2) is 16.7 Å². The Kier molecular flexibility index (Phi) is 5.97. The van der Waals surface area contributed by atoms with Crippen molar-refractivity contribution >= 4 is 40.5 Å². The molecule has 0 bridgehead atoms. The van der Waals surface area contributed by atoms with E-state index in [4.69, 9.17) is 9.47 Å². The van der Waals surface area contributed by atoms with Crippen LogP contribution in [0.2, 0.25) is 0 Å². The van der Waals surface area contributed by atoms with Gasteiger partial charge in [0.1, 0.15) is 5.70 Å². The minimum absolute atomic E-state index is 0.116. The lowest BCUT2D eigenvalue weighted by Gasteiger charge is -2.21. The molecule has 0 saturated heterocycles. The number of nitrogens with zero attached hydrogens (tertiary/aromatic N) is 2. The largest absolute Gasteiger partial charge is 0.454 e. The molecular weight excluding hydrogens is 426 g/mol. The summed E-state index contributed by atoms with van der Waals surface area (Å²) in [7, 11) is 0. The number of aryl methyl sites for hydroxylation is 1. The number of nitrogens with one attached hydrogen (secondary N) is 1. The maximum absolute atomic E-state index is 13.3. The molecule has 2 aromatic carbocycles. The van der Waals surface area contributed by atoms with Crippen LogP contribution in [0, 0.1) is 6.92 Å². The smallest absolute Gasteiger partial charge is 0.283 e. The predicted molar refractivity (Wildman–Crippen MR) is 127 cm³/mol. The number of carbonyl (C=O) groups is 2. The Labute approximate surface area is 191 Å². The van der Waals surface area contributed by atoms with Crippen molar-refractivity contribution in [2.75, 3.05) is 17.4 Å². The molecule has 2 aromatic rings. The highest BCUT2D eigenvalue weighted by molar-refractivity contribution is 8.14. The Morgan fingerprint density at radius 2 is 1.88 bits per heavy atom. The maximum atomic E-state index is 13.3. The van der Waals surface area contributed by atoms with Gasteiger partial charge in [0.2, 0.25) is 12.7 Å². The van der Waals surface area contributed by atoms with Crippen LogP contribution in [0.4, 0.5) is 5.69 Å². The van der Waals surface area contributed by atoms with Crippen LogP contribution in [0.15, 0.2) is 53.2 Å². The number of carbonyl (C=O) groups excluding carboxylic acids is 2. The number of benzene rings is 2. The van der Waals surface area contributed by atoms with Crippen molar-refractivity contribution in [1.82, 2.24) is 5.32 Å². The third kappa shape index (κ3) is 4.96. The van der Waals surface area contributed by atoms with Crippen LogP contribution in [-0.4, -0.2) is 35.1 Å². The average molecular weight is 452 g/mol. The molecule has 0 spiro atoms. The molecule has 0 atom stereocenters. The topological polar surface area (TPSA) is 80.2 Å². The monoisotopic (exact) mass is 451 g/mol. The molecule has 0 unspecified atom stereocenters. The van der Waals surface area contributed by atoms with Gasteiger partial charge in [-0.05, 0) is 63.6 Å². The quantitative estimate of drug-likeness (QED) is 0.708. The van der Waals surface area contributed by atoms with Crippen LogP contribution in [0.1, 0.15) is 31.9 Å². The molecule has 166 valence electrons. The van der Waals surface area contributed by atoms with Crippen LogP contribution < -0.4 is 19.7 Å². The van der Waals surface area contributed by atoms with E-state index in [9.17, 15) is 9.59 Å². The number of amides is 2. The Balaban J connectivity index is 1.62. The molecule has 2 amide bonds. The molecule has 0 aliphatic carbocycles. The number of ether oxygens (including phenoxy) is 2. The predicted octanol–water partition coefficient (Wildman–Crippen LogP) is 4.12. The summed E-state index contributed by atoms with van der Waals surface area (Å²) >= 11 is 1.24. The van der Waals surface area contributed by atoms with Gasteiger partial charge in [-0.1, -0.05) is 35.5 Å². The molecule has 2 aliphatic rings. The second-order valence-electron chi connectivity index (χ2n) is 8.60. The first-order valence-corrected chi connectivity index (χ1v) is 11.2. The van der Waals surface area contributed by atoms with Gasteiger partial charge in [-0.15, -0.1) is 0 Å². The van der Waals surface area contributed by atoms with Crippen molar-refractivity contribution in [2.45, 2.75) is 33.2 Å². The number of hydrogen-bond donors (Lipinski definition) is 1. The molecule has 7 nitrogen and oxygen atoms in total. The van der Waals surface area contributed by atoms with Crippen molar-refractivity contribution in [1.29, 1.82) is 0 Å². The fourth-order valence-corrected chi connectivity index (χ4v) is 4.07. The molecule has 0 aromatic heterocycles. The number of thioether (sulfide) groups is 1. The number of anilines is 1. The summed E-state index contributed by atoms with van der Waals surface area (Å²) < 4.78 is 10.8. The van der Waals surface area contributed by atoms with Crippen LogP contribution in [-0.2, 0) is 9.59 Å². The van der Waals surface area contributed by atoms with Crippen LogP contribution >= 0.6 is 11.8 Å². The summed E-state index contributed by atoms with van der Waals surface area (Å²) in [5.74, 6) is 1.11. The first-order chi connectivity index (χ1) is 15.2. The van der Waals surface area contributed by atoms with Crippen molar-refractivity contribution < 1.29 is 19.1 Å². The van der Waals surface area contributed by atoms with Crippen LogP contribution in [0.3, 0.4) is 0 Å². The van der Waals surface area contributed by atoms with Gasteiger partial charge < -0.3 is 14.8 Å². The van der Waals surface area contributed by atoms with Crippen molar-refractivity contribution in [2.24, 2.45) is 4.99 Å². The summed E-state index contributed by atoms with van der Waals surface area (Å²) in [6.07, 6.45) is 1.72. The van der Waals surface area contributed by atoms with E-state index in [1.54, 1.807) is 11.0 Å². The third-order valence-electron chi connectivity index (χ3n) is 4.67. The zero-order valence-corrected chi connectivity index (χ0v) is 19.3. The molecule has 0 saturated carbocycles. The lowest BCUT2D eigenvalue weighted by molar-refractivity contribution is -0.120. The zero-order valence-electron chi connectivity index (χ0n) is 18.5. The number of aliphatic imine (C=N–C) groups is 1. The van der Waals surface area contributed by atoms with Crippen molar-refractivity contribution in [3.63, 3.8) is 0 Å². The van der Waals surface area contributed by atoms with Gasteiger partial charge in [0, 0.05) is 5.54 Å². The Morgan fingerprint density at radius 1 is 1.16 bits per heavy atom. The van der Waals surface area contributed by atoms with Gasteiger partial charge in [-0.2, -0.15) is 0 Å². The number of amidine groups is 1. The lowest BCUT2D eigenvalue weighted by Crippen LogP contribution is -2.42. The second-order valence-corrected chi connectivity index (χ2v) is 9.54. The summed E-state index contributed by atoms with van der Waals surface area (Å²) in [5.41, 5.74) is 2.54. The Morgan fingerprint density at radius 3 is 2.59 bits per heavy atom. The van der Waals surface area contributed by atoms with Crippen molar-refractivity contribution in [3.8, 4) is 11.5 Å². The normalized spacial score (nSPS) is 16.5. The van der Waals surface area contributed by atoms with E-state index in [-0.39, 0.29) is 29.9 Å². The fraction of sp³-hybridized carbons (Fsp3) is 0.292. The standard InChI is InChI=1S/C24H25N3O4S/c1-15-5-8-17(9-6-15)27-22(29)18(11-16-7-10-19-20(12-16)31-14-30-19)25-23(27)32-13-21(28)26-24(2,3)4/h5-12H,13-14H2,1-4H3,(H,26,28). The number of fused-ring (bicyclic) bond motifs is 1. The van der Waals surface area contributed by atoms with Gasteiger partial charge in [0.05, 0.1) is 11.4 Å². The number of hydrogen-bond acceptors (Lipinski definition) is 6. The summed E-state index contributed by atoms with van der Waals surface area (Å²) in [5, 5.41) is 3.40. The number of rotatable bonds is 4. The molecule has 4 rings (SSSR count). The van der Waals surface area contributed by atoms with Gasteiger partial charge >= 0.3 is 0 Å². The maximum Gasteiger partial charge on any atom is 0.283 e. The molecule has 0 fully saturated rings. The van der Waals surface area contributed by atoms with E-state index in [2.05, 4.69) is 10.3 Å². The highest BCUT2D eigenvalue weighted by Gasteiger charge is 2.32. The molecule has 2 heterocycles. The Hall–Kier alpha value is -3.26. The minimum Gasteiger partial charge on any atom is -0.454 e. The highest BCUT2D eigenvalue weighted by Crippen LogP contribution is 2.34. The highest BCUT2D eigenvalue weighted by atomic mass is 32.2. The van der Waals surface area contributed by atoms with Gasteiger partial charge in [-0.3, -0.25) is 14.5 Å². The van der Waals surface area contributed by atoms with E-state index in [1.165, 1.54) is 11.8 Å². The summed E-state index contributed by atoms with van der Waals surface area (Å²) in [6.45, 7) is 7.96. The van der Waals surface area contributed by atoms with Gasteiger partial charge in [0.25, 0.3) is 5.91 Å². The zero-order chi connectivity index (χ0) is 22.9. The molecule has 0 radical (unpaired) electrons. The molecule has 32 heavy (non-hydrogen) atoms. The third-order valence-corrected chi connectivity index (χ3v) is 5.61. The second kappa shape index (κ2) is 8.70. The van der Waals surface area contributed by atoms with Crippen molar-refractivity contribution in [3.05, 3.63) is 59.3 Å². The lowest BCUT2D eigenvalue weighted by atomic mass is 10.1. The first kappa shape index (κ1) is 22.0. The van der Waals surface area contributed by atoms with E-state index in [1.807, 2.05) is 70.2 Å². The molecule has 1 N–H and O–H groups in total. The van der Waals surface area contributed by atoms with E-state index in [0.717, 1.165) is 11.1 Å². The summed E-state index contributed by atoms with van der Waals surface area (Å²) in [4.78, 5) is 31.7. The molecule has 2 aliphatic heterocycles. The minimum atomic E-state index is -0.327.